The Morgan fingerprint density at radius 2 is 1.89 bits per heavy atom. The van der Waals surface area contributed by atoms with Gasteiger partial charge in [-0.3, -0.25) is 4.79 Å². The van der Waals surface area contributed by atoms with Crippen LogP contribution in [-0.2, 0) is 28.4 Å². The highest BCUT2D eigenvalue weighted by atomic mass is 35.7. The minimum Gasteiger partial charge on any atom is -0.461 e. The van der Waals surface area contributed by atoms with Crippen molar-refractivity contribution >= 4 is 35.5 Å². The van der Waals surface area contributed by atoms with Crippen LogP contribution in [0.1, 0.15) is 19.3 Å². The number of ether oxygens (including phenoxy) is 1. The molecule has 1 spiro atoms. The number of esters is 1. The number of carbonyl (C=O) groups excluding carboxylic acids is 1. The summed E-state index contributed by atoms with van der Waals surface area (Å²) in [6, 6.07) is 0. The number of rotatable bonds is 2. The molecule has 1 atom stereocenters. The zero-order valence-corrected chi connectivity index (χ0v) is 11.9. The maximum atomic E-state index is 11.4. The van der Waals surface area contributed by atoms with Gasteiger partial charge in [-0.2, -0.15) is 0 Å². The number of hydrogen-bond donors (Lipinski definition) is 0. The number of cyclic esters (lactones) is 1. The van der Waals surface area contributed by atoms with E-state index in [1.54, 1.807) is 0 Å². The largest absolute Gasteiger partial charge is 0.461 e. The van der Waals surface area contributed by atoms with Gasteiger partial charge in [0.1, 0.15) is 21.7 Å². The Hall–Kier alpha value is -0.340. The third-order valence-corrected chi connectivity index (χ3v) is 6.36. The molecule has 1 unspecified atom stereocenters. The standard InChI is InChI=1S/C9H13ClO6S2/c10-18(14,15)6-7-9(5-8(11)16-7)1-3-17(12,13)4-2-9/h7H,1-6H2. The van der Waals surface area contributed by atoms with E-state index in [4.69, 9.17) is 15.4 Å². The highest BCUT2D eigenvalue weighted by Crippen LogP contribution is 2.45. The second-order valence-corrected chi connectivity index (χ2v) is 10.0. The van der Waals surface area contributed by atoms with Crippen molar-refractivity contribution < 1.29 is 26.4 Å². The van der Waals surface area contributed by atoms with Gasteiger partial charge in [-0.15, -0.1) is 0 Å². The number of hydrogen-bond acceptors (Lipinski definition) is 6. The third-order valence-electron chi connectivity index (χ3n) is 3.63. The molecule has 0 saturated carbocycles. The predicted octanol–water partition coefficient (Wildman–Crippen LogP) is 0.0655. The van der Waals surface area contributed by atoms with Crippen LogP contribution < -0.4 is 0 Å². The van der Waals surface area contributed by atoms with Crippen LogP contribution in [0.15, 0.2) is 0 Å². The molecule has 0 radical (unpaired) electrons. The van der Waals surface area contributed by atoms with Crippen molar-refractivity contribution in [2.24, 2.45) is 5.41 Å². The smallest absolute Gasteiger partial charge is 0.306 e. The number of halogens is 1. The van der Waals surface area contributed by atoms with Gasteiger partial charge in [-0.05, 0) is 12.8 Å². The van der Waals surface area contributed by atoms with Crippen molar-refractivity contribution in [3.8, 4) is 0 Å². The summed E-state index contributed by atoms with van der Waals surface area (Å²) < 4.78 is 50.0. The van der Waals surface area contributed by atoms with Gasteiger partial charge in [-0.25, -0.2) is 16.8 Å². The molecule has 2 aliphatic rings. The Morgan fingerprint density at radius 3 is 2.39 bits per heavy atom. The summed E-state index contributed by atoms with van der Waals surface area (Å²) >= 11 is 0. The van der Waals surface area contributed by atoms with Crippen molar-refractivity contribution in [2.45, 2.75) is 25.4 Å². The molecular formula is C9H13ClO6S2. The van der Waals surface area contributed by atoms with Crippen molar-refractivity contribution in [1.29, 1.82) is 0 Å². The van der Waals surface area contributed by atoms with Crippen molar-refractivity contribution in [3.63, 3.8) is 0 Å². The summed E-state index contributed by atoms with van der Waals surface area (Å²) in [6.45, 7) is 0. The molecule has 0 amide bonds. The van der Waals surface area contributed by atoms with E-state index < -0.39 is 42.1 Å². The SMILES string of the molecule is O=C1CC2(CCS(=O)(=O)CC2)C(CS(=O)(=O)Cl)O1. The molecule has 0 bridgehead atoms. The lowest BCUT2D eigenvalue weighted by molar-refractivity contribution is -0.140. The van der Waals surface area contributed by atoms with Crippen LogP contribution in [0.2, 0.25) is 0 Å². The van der Waals surface area contributed by atoms with Gasteiger partial charge < -0.3 is 4.74 Å². The molecule has 0 N–H and O–H groups in total. The van der Waals surface area contributed by atoms with Crippen molar-refractivity contribution in [3.05, 3.63) is 0 Å². The van der Waals surface area contributed by atoms with Crippen LogP contribution in [0.3, 0.4) is 0 Å². The fraction of sp³-hybridized carbons (Fsp3) is 0.889. The molecule has 2 aliphatic heterocycles. The third kappa shape index (κ3) is 2.97. The van der Waals surface area contributed by atoms with Crippen molar-refractivity contribution in [2.75, 3.05) is 17.3 Å². The summed E-state index contributed by atoms with van der Waals surface area (Å²) in [5.74, 6) is -1.02. The molecule has 2 heterocycles. The van der Waals surface area contributed by atoms with E-state index in [0.29, 0.717) is 0 Å². The van der Waals surface area contributed by atoms with Gasteiger partial charge in [0.2, 0.25) is 9.05 Å². The van der Waals surface area contributed by atoms with Gasteiger partial charge in [0.05, 0.1) is 17.9 Å². The van der Waals surface area contributed by atoms with E-state index in [2.05, 4.69) is 0 Å². The Morgan fingerprint density at radius 1 is 1.33 bits per heavy atom. The zero-order valence-electron chi connectivity index (χ0n) is 9.46. The van der Waals surface area contributed by atoms with Gasteiger partial charge in [0, 0.05) is 16.1 Å². The molecule has 0 aromatic rings. The van der Waals surface area contributed by atoms with Crippen molar-refractivity contribution in [1.82, 2.24) is 0 Å². The van der Waals surface area contributed by atoms with E-state index in [9.17, 15) is 21.6 Å². The predicted molar refractivity (Wildman–Crippen MR) is 64.5 cm³/mol. The zero-order chi connectivity index (χ0) is 13.6. The summed E-state index contributed by atoms with van der Waals surface area (Å²) in [5, 5.41) is 0. The minimum absolute atomic E-state index is 0.0392. The molecule has 9 heteroatoms. The molecule has 18 heavy (non-hydrogen) atoms. The second kappa shape index (κ2) is 4.35. The van der Waals surface area contributed by atoms with Gasteiger partial charge in [-0.1, -0.05) is 0 Å². The van der Waals surface area contributed by atoms with Gasteiger partial charge in [0.15, 0.2) is 0 Å². The molecule has 6 nitrogen and oxygen atoms in total. The van der Waals surface area contributed by atoms with Crippen LogP contribution >= 0.6 is 10.7 Å². The molecule has 0 aliphatic carbocycles. The van der Waals surface area contributed by atoms with E-state index >= 15 is 0 Å². The van der Waals surface area contributed by atoms with Gasteiger partial charge >= 0.3 is 5.97 Å². The second-order valence-electron chi connectivity index (χ2n) is 4.87. The van der Waals surface area contributed by atoms with Crippen LogP contribution in [0.4, 0.5) is 0 Å². The highest BCUT2D eigenvalue weighted by molar-refractivity contribution is 8.13. The molecule has 0 aromatic heterocycles. The Labute approximate surface area is 110 Å². The lowest BCUT2D eigenvalue weighted by Gasteiger charge is -2.35. The van der Waals surface area contributed by atoms with Crippen LogP contribution in [-0.4, -0.2) is 46.2 Å². The molecule has 2 saturated heterocycles. The quantitative estimate of drug-likeness (QED) is 0.528. The van der Waals surface area contributed by atoms with E-state index in [0.717, 1.165) is 0 Å². The Balaban J connectivity index is 2.22. The first kappa shape index (κ1) is 14.1. The van der Waals surface area contributed by atoms with E-state index in [-0.39, 0.29) is 30.8 Å². The molecule has 104 valence electrons. The summed E-state index contributed by atoms with van der Waals surface area (Å²) in [7, 11) is -1.69. The average molecular weight is 317 g/mol. The van der Waals surface area contributed by atoms with Crippen LogP contribution in [0, 0.1) is 5.41 Å². The first-order valence-electron chi connectivity index (χ1n) is 5.44. The van der Waals surface area contributed by atoms with Crippen LogP contribution in [0.25, 0.3) is 0 Å². The molecule has 2 fully saturated rings. The first-order chi connectivity index (χ1) is 8.12. The fourth-order valence-electron chi connectivity index (χ4n) is 2.56. The minimum atomic E-state index is -3.79. The monoisotopic (exact) mass is 316 g/mol. The van der Waals surface area contributed by atoms with E-state index in [1.807, 2.05) is 0 Å². The number of sulfone groups is 1. The fourth-order valence-corrected chi connectivity index (χ4v) is 5.33. The molecule has 2 rings (SSSR count). The average Bonchev–Trinajstić information content (AvgIpc) is 2.46. The lowest BCUT2D eigenvalue weighted by atomic mass is 9.76. The maximum Gasteiger partial charge on any atom is 0.306 e. The maximum absolute atomic E-state index is 11.4. The van der Waals surface area contributed by atoms with E-state index in [1.165, 1.54) is 0 Å². The topological polar surface area (TPSA) is 94.6 Å². The molecule has 0 aromatic carbocycles. The normalized spacial score (nSPS) is 30.3. The van der Waals surface area contributed by atoms with Gasteiger partial charge in [0.25, 0.3) is 0 Å². The number of carbonyl (C=O) groups is 1. The Bertz CT molecular complexity index is 550. The summed E-state index contributed by atoms with van der Waals surface area (Å²) in [6.07, 6.45) is -0.265. The Kier molecular flexibility index (Phi) is 3.40. The first-order valence-corrected chi connectivity index (χ1v) is 9.74. The lowest BCUT2D eigenvalue weighted by Crippen LogP contribution is -2.42. The molecular weight excluding hydrogens is 304 g/mol. The summed E-state index contributed by atoms with van der Waals surface area (Å²) in [5.41, 5.74) is -0.690. The van der Waals surface area contributed by atoms with Crippen LogP contribution in [0.5, 0.6) is 0 Å². The summed E-state index contributed by atoms with van der Waals surface area (Å²) in [4.78, 5) is 11.4. The highest BCUT2D eigenvalue weighted by Gasteiger charge is 2.52.